The predicted molar refractivity (Wildman–Crippen MR) is 88.9 cm³/mol. The molecule has 0 radical (unpaired) electrons. The smallest absolute Gasteiger partial charge is 0.268 e. The minimum atomic E-state index is -0.0671. The molecule has 3 aromatic rings. The molecule has 1 N–H and O–H groups in total. The van der Waals surface area contributed by atoms with Crippen LogP contribution in [0.1, 0.15) is 29.0 Å². The average molecular weight is 341 g/mol. The third kappa shape index (κ3) is 3.46. The number of amides is 1. The number of hydrogen-bond donors (Lipinski definition) is 1. The number of benzene rings is 1. The highest BCUT2D eigenvalue weighted by molar-refractivity contribution is 7.13. The van der Waals surface area contributed by atoms with Crippen molar-refractivity contribution in [3.05, 3.63) is 53.2 Å². The van der Waals surface area contributed by atoms with Gasteiger partial charge in [0, 0.05) is 11.6 Å². The molecule has 0 saturated heterocycles. The van der Waals surface area contributed by atoms with Crippen LogP contribution in [0, 0.1) is 0 Å². The molecular formula is C17H15N3O3S. The molecule has 0 spiro atoms. The van der Waals surface area contributed by atoms with Crippen molar-refractivity contribution < 1.29 is 14.1 Å². The molecule has 4 rings (SSSR count). The van der Waals surface area contributed by atoms with E-state index < -0.39 is 0 Å². The van der Waals surface area contributed by atoms with Gasteiger partial charge in [0.1, 0.15) is 5.75 Å². The van der Waals surface area contributed by atoms with Gasteiger partial charge in [-0.15, -0.1) is 11.3 Å². The van der Waals surface area contributed by atoms with E-state index in [0.717, 1.165) is 17.7 Å². The van der Waals surface area contributed by atoms with E-state index in [-0.39, 0.29) is 12.5 Å². The van der Waals surface area contributed by atoms with Gasteiger partial charge in [-0.3, -0.25) is 4.79 Å². The monoisotopic (exact) mass is 341 g/mol. The predicted octanol–water partition coefficient (Wildman–Crippen LogP) is 3.27. The molecular weight excluding hydrogens is 326 g/mol. The Bertz CT molecular complexity index is 840. The summed E-state index contributed by atoms with van der Waals surface area (Å²) in [6, 6.07) is 11.3. The first-order valence-electron chi connectivity index (χ1n) is 7.68. The van der Waals surface area contributed by atoms with Crippen LogP contribution in [0.4, 0.5) is 0 Å². The topological polar surface area (TPSA) is 77.2 Å². The summed E-state index contributed by atoms with van der Waals surface area (Å²) >= 11 is 1.54. The average Bonchev–Trinajstić information content (AvgIpc) is 3.07. The minimum Gasteiger partial charge on any atom is -0.485 e. The Morgan fingerprint density at radius 2 is 2.25 bits per heavy atom. The van der Waals surface area contributed by atoms with Crippen molar-refractivity contribution in [2.75, 3.05) is 0 Å². The lowest BCUT2D eigenvalue weighted by Crippen LogP contribution is -2.25. The quantitative estimate of drug-likeness (QED) is 0.744. The van der Waals surface area contributed by atoms with Gasteiger partial charge in [0.2, 0.25) is 5.82 Å². The van der Waals surface area contributed by atoms with Gasteiger partial charge in [0.15, 0.2) is 6.61 Å². The summed E-state index contributed by atoms with van der Waals surface area (Å²) in [6.45, 7) is 0.183. The first-order valence-corrected chi connectivity index (χ1v) is 8.56. The minimum absolute atomic E-state index is 0.0671. The Morgan fingerprint density at radius 3 is 3.04 bits per heavy atom. The Kier molecular flexibility index (Phi) is 4.00. The zero-order valence-electron chi connectivity index (χ0n) is 12.8. The molecule has 1 aliphatic rings. The highest BCUT2D eigenvalue weighted by atomic mass is 32.1. The van der Waals surface area contributed by atoms with Crippen molar-refractivity contribution in [2.24, 2.45) is 0 Å². The number of ether oxygens (including phenoxy) is 1. The molecule has 0 unspecified atom stereocenters. The maximum absolute atomic E-state index is 12.1. The number of rotatable bonds is 6. The van der Waals surface area contributed by atoms with E-state index in [9.17, 15) is 4.79 Å². The van der Waals surface area contributed by atoms with Gasteiger partial charge in [0.05, 0.1) is 4.88 Å². The summed E-state index contributed by atoms with van der Waals surface area (Å²) in [7, 11) is 0. The van der Waals surface area contributed by atoms with Crippen LogP contribution in [0.2, 0.25) is 0 Å². The van der Waals surface area contributed by atoms with Gasteiger partial charge in [-0.25, -0.2) is 0 Å². The number of carbonyl (C=O) groups is 1. The van der Waals surface area contributed by atoms with Crippen LogP contribution in [0.15, 0.2) is 46.3 Å². The lowest BCUT2D eigenvalue weighted by molar-refractivity contribution is 0.0950. The molecule has 0 atom stereocenters. The standard InChI is InChI=1S/C17H15N3O3S/c21-16(18-12-6-7-12)11-3-1-4-13(9-11)22-10-15-19-17(23-20-15)14-5-2-8-24-14/h1-5,8-9,12H,6-7,10H2,(H,18,21). The Labute approximate surface area is 142 Å². The maximum Gasteiger partial charge on any atom is 0.268 e. The summed E-state index contributed by atoms with van der Waals surface area (Å²) in [6.07, 6.45) is 2.12. The van der Waals surface area contributed by atoms with Crippen LogP contribution in [0.25, 0.3) is 10.8 Å². The van der Waals surface area contributed by atoms with E-state index in [0.29, 0.717) is 29.1 Å². The first kappa shape index (κ1) is 14.9. The normalized spacial score (nSPS) is 13.7. The third-order valence-corrected chi connectivity index (χ3v) is 4.43. The first-order chi connectivity index (χ1) is 11.8. The molecule has 1 fully saturated rings. The van der Waals surface area contributed by atoms with Gasteiger partial charge < -0.3 is 14.6 Å². The zero-order valence-corrected chi connectivity index (χ0v) is 13.6. The fourth-order valence-corrected chi connectivity index (χ4v) is 2.83. The highest BCUT2D eigenvalue weighted by Gasteiger charge is 2.23. The van der Waals surface area contributed by atoms with Crippen molar-refractivity contribution >= 4 is 17.2 Å². The van der Waals surface area contributed by atoms with E-state index in [1.54, 1.807) is 24.3 Å². The molecule has 0 aliphatic heterocycles. The highest BCUT2D eigenvalue weighted by Crippen LogP contribution is 2.23. The van der Waals surface area contributed by atoms with Crippen LogP contribution in [-0.4, -0.2) is 22.1 Å². The summed E-state index contributed by atoms with van der Waals surface area (Å²) in [5.41, 5.74) is 0.590. The molecule has 1 saturated carbocycles. The van der Waals surface area contributed by atoms with Crippen LogP contribution in [0.3, 0.4) is 0 Å². The van der Waals surface area contributed by atoms with Crippen molar-refractivity contribution in [3.8, 4) is 16.5 Å². The number of nitrogens with one attached hydrogen (secondary N) is 1. The molecule has 122 valence electrons. The summed E-state index contributed by atoms with van der Waals surface area (Å²) in [4.78, 5) is 17.3. The number of nitrogens with zero attached hydrogens (tertiary/aromatic N) is 2. The molecule has 1 aliphatic carbocycles. The largest absolute Gasteiger partial charge is 0.485 e. The van der Waals surface area contributed by atoms with Crippen LogP contribution >= 0.6 is 11.3 Å². The van der Waals surface area contributed by atoms with E-state index in [1.165, 1.54) is 11.3 Å². The number of carbonyl (C=O) groups excluding carboxylic acids is 1. The molecule has 7 heteroatoms. The van der Waals surface area contributed by atoms with Crippen molar-refractivity contribution in [1.82, 2.24) is 15.5 Å². The van der Waals surface area contributed by atoms with Gasteiger partial charge in [0.25, 0.3) is 11.8 Å². The molecule has 2 heterocycles. The van der Waals surface area contributed by atoms with Gasteiger partial charge in [-0.2, -0.15) is 4.98 Å². The van der Waals surface area contributed by atoms with Crippen molar-refractivity contribution in [1.29, 1.82) is 0 Å². The molecule has 1 aromatic carbocycles. The van der Waals surface area contributed by atoms with E-state index in [2.05, 4.69) is 15.5 Å². The van der Waals surface area contributed by atoms with E-state index in [4.69, 9.17) is 9.26 Å². The van der Waals surface area contributed by atoms with Crippen LogP contribution < -0.4 is 10.1 Å². The second-order valence-corrected chi connectivity index (χ2v) is 6.50. The Hall–Kier alpha value is -2.67. The summed E-state index contributed by atoms with van der Waals surface area (Å²) < 4.78 is 10.9. The number of hydrogen-bond acceptors (Lipinski definition) is 6. The van der Waals surface area contributed by atoms with E-state index >= 15 is 0 Å². The SMILES string of the molecule is O=C(NC1CC1)c1cccc(OCc2noc(-c3cccs3)n2)c1. The van der Waals surface area contributed by atoms with Crippen molar-refractivity contribution in [2.45, 2.75) is 25.5 Å². The fraction of sp³-hybridized carbons (Fsp3) is 0.235. The maximum atomic E-state index is 12.1. The molecule has 0 bridgehead atoms. The zero-order chi connectivity index (χ0) is 16.4. The lowest BCUT2D eigenvalue weighted by Gasteiger charge is -2.06. The second kappa shape index (κ2) is 6.45. The lowest BCUT2D eigenvalue weighted by atomic mass is 10.2. The third-order valence-electron chi connectivity index (χ3n) is 3.58. The molecule has 2 aromatic heterocycles. The van der Waals surface area contributed by atoms with Crippen LogP contribution in [-0.2, 0) is 6.61 Å². The molecule has 24 heavy (non-hydrogen) atoms. The van der Waals surface area contributed by atoms with Gasteiger partial charge >= 0.3 is 0 Å². The molecule has 1 amide bonds. The van der Waals surface area contributed by atoms with Crippen LogP contribution in [0.5, 0.6) is 5.75 Å². The number of aromatic nitrogens is 2. The van der Waals surface area contributed by atoms with Gasteiger partial charge in [-0.1, -0.05) is 17.3 Å². The second-order valence-electron chi connectivity index (χ2n) is 5.56. The number of thiophene rings is 1. The summed E-state index contributed by atoms with van der Waals surface area (Å²) in [5, 5.41) is 8.82. The Morgan fingerprint density at radius 1 is 1.33 bits per heavy atom. The Balaban J connectivity index is 1.39. The van der Waals surface area contributed by atoms with E-state index in [1.807, 2.05) is 17.5 Å². The fourth-order valence-electron chi connectivity index (χ4n) is 2.18. The van der Waals surface area contributed by atoms with Gasteiger partial charge in [-0.05, 0) is 42.5 Å². The summed E-state index contributed by atoms with van der Waals surface area (Å²) in [5.74, 6) is 1.48. The van der Waals surface area contributed by atoms with Crippen molar-refractivity contribution in [3.63, 3.8) is 0 Å². The molecule has 6 nitrogen and oxygen atoms in total.